The van der Waals surface area contributed by atoms with Crippen molar-refractivity contribution in [3.8, 4) is 5.75 Å². The third-order valence-electron chi connectivity index (χ3n) is 4.70. The van der Waals surface area contributed by atoms with Crippen LogP contribution in [0.3, 0.4) is 0 Å². The number of amides is 2. The first-order valence-electron chi connectivity index (χ1n) is 9.16. The van der Waals surface area contributed by atoms with Gasteiger partial charge in [0.2, 0.25) is 10.0 Å². The van der Waals surface area contributed by atoms with Crippen LogP contribution in [-0.4, -0.2) is 50.8 Å². The van der Waals surface area contributed by atoms with Crippen LogP contribution in [0.5, 0.6) is 5.75 Å². The molecule has 8 nitrogen and oxygen atoms in total. The summed E-state index contributed by atoms with van der Waals surface area (Å²) in [5.74, 6) is -0.932. The number of rotatable bonds is 7. The van der Waals surface area contributed by atoms with Gasteiger partial charge in [0.1, 0.15) is 5.75 Å². The van der Waals surface area contributed by atoms with Gasteiger partial charge in [0.15, 0.2) is 0 Å². The third-order valence-corrected chi connectivity index (χ3v) is 7.54. The predicted molar refractivity (Wildman–Crippen MR) is 109 cm³/mol. The second-order valence-corrected chi connectivity index (χ2v) is 9.48. The van der Waals surface area contributed by atoms with Crippen molar-refractivity contribution in [2.45, 2.75) is 30.3 Å². The zero-order valence-corrected chi connectivity index (χ0v) is 17.6. The number of hydrogen-bond donors (Lipinski definition) is 2. The van der Waals surface area contributed by atoms with Crippen molar-refractivity contribution in [2.24, 2.45) is 0 Å². The fourth-order valence-corrected chi connectivity index (χ4v) is 5.50. The average Bonchev–Trinajstić information content (AvgIpc) is 3.42. The summed E-state index contributed by atoms with van der Waals surface area (Å²) in [6.45, 7) is 0.742. The van der Waals surface area contributed by atoms with Crippen LogP contribution in [0.4, 0.5) is 0 Å². The van der Waals surface area contributed by atoms with E-state index in [1.54, 1.807) is 12.1 Å². The fraction of sp³-hybridized carbons (Fsp3) is 0.368. The number of nitrogens with one attached hydrogen (secondary N) is 2. The van der Waals surface area contributed by atoms with Gasteiger partial charge in [-0.05, 0) is 48.6 Å². The number of ether oxygens (including phenoxy) is 1. The number of carbonyl (C=O) groups excluding carboxylic acids is 2. The molecule has 2 heterocycles. The minimum absolute atomic E-state index is 0.0840. The number of benzene rings is 1. The largest absolute Gasteiger partial charge is 0.497 e. The van der Waals surface area contributed by atoms with Gasteiger partial charge in [0, 0.05) is 24.0 Å². The maximum atomic E-state index is 13.0. The van der Waals surface area contributed by atoms with Gasteiger partial charge >= 0.3 is 11.8 Å². The normalized spacial score (nSPS) is 17.1. The number of hydrogen-bond acceptors (Lipinski definition) is 6. The lowest BCUT2D eigenvalue weighted by atomic mass is 10.2. The first-order valence-corrected chi connectivity index (χ1v) is 11.5. The first kappa shape index (κ1) is 21.3. The molecule has 1 aliphatic rings. The summed E-state index contributed by atoms with van der Waals surface area (Å²) in [5, 5.41) is 7.00. The lowest BCUT2D eigenvalue weighted by Gasteiger charge is -2.24. The Hall–Kier alpha value is -2.43. The van der Waals surface area contributed by atoms with Crippen molar-refractivity contribution in [3.05, 3.63) is 46.7 Å². The first-order chi connectivity index (χ1) is 13.9. The molecule has 10 heteroatoms. The van der Waals surface area contributed by atoms with Gasteiger partial charge in [-0.3, -0.25) is 9.59 Å². The molecule has 29 heavy (non-hydrogen) atoms. The van der Waals surface area contributed by atoms with Gasteiger partial charge in [0.25, 0.3) is 0 Å². The summed E-state index contributed by atoms with van der Waals surface area (Å²) in [7, 11) is -2.18. The van der Waals surface area contributed by atoms with Crippen molar-refractivity contribution in [1.82, 2.24) is 14.9 Å². The Morgan fingerprint density at radius 2 is 1.90 bits per heavy atom. The maximum Gasteiger partial charge on any atom is 0.309 e. The molecule has 1 aromatic heterocycles. The quantitative estimate of drug-likeness (QED) is 0.636. The number of methoxy groups -OCH3 is 1. The van der Waals surface area contributed by atoms with Crippen LogP contribution in [0.1, 0.15) is 17.7 Å². The highest BCUT2D eigenvalue weighted by molar-refractivity contribution is 7.89. The van der Waals surface area contributed by atoms with Crippen LogP contribution in [-0.2, 0) is 26.2 Å². The van der Waals surface area contributed by atoms with Crippen molar-refractivity contribution >= 4 is 33.2 Å². The summed E-state index contributed by atoms with van der Waals surface area (Å²) in [5.41, 5.74) is 0. The zero-order valence-electron chi connectivity index (χ0n) is 16.0. The number of sulfonamides is 1. The van der Waals surface area contributed by atoms with E-state index in [2.05, 4.69) is 10.6 Å². The van der Waals surface area contributed by atoms with E-state index >= 15 is 0 Å². The van der Waals surface area contributed by atoms with Crippen molar-refractivity contribution in [2.75, 3.05) is 20.2 Å². The molecule has 1 aromatic carbocycles. The highest BCUT2D eigenvalue weighted by atomic mass is 32.2. The Balaban J connectivity index is 1.57. The highest BCUT2D eigenvalue weighted by Gasteiger charge is 2.35. The minimum atomic E-state index is -3.69. The van der Waals surface area contributed by atoms with Crippen LogP contribution >= 0.6 is 11.3 Å². The van der Waals surface area contributed by atoms with Crippen LogP contribution < -0.4 is 15.4 Å². The Morgan fingerprint density at radius 1 is 1.17 bits per heavy atom. The molecule has 2 amide bonds. The molecular weight excluding hydrogens is 414 g/mol. The van der Waals surface area contributed by atoms with Gasteiger partial charge in [-0.2, -0.15) is 4.31 Å². The number of carbonyl (C=O) groups is 2. The number of thiophene rings is 1. The molecule has 156 valence electrons. The van der Waals surface area contributed by atoms with Crippen LogP contribution in [0.25, 0.3) is 0 Å². The number of nitrogens with zero attached hydrogens (tertiary/aromatic N) is 1. The van der Waals surface area contributed by atoms with Crippen LogP contribution in [0, 0.1) is 0 Å². The Kier molecular flexibility index (Phi) is 6.88. The van der Waals surface area contributed by atoms with E-state index in [1.165, 1.54) is 34.9 Å². The molecule has 0 saturated carbocycles. The molecule has 0 spiro atoms. The molecule has 1 atom stereocenters. The van der Waals surface area contributed by atoms with E-state index in [0.29, 0.717) is 25.1 Å². The molecule has 0 aliphatic carbocycles. The Morgan fingerprint density at radius 3 is 2.55 bits per heavy atom. The standard InChI is InChI=1S/C19H23N3O5S2/c1-27-15-6-8-17(9-7-15)29(25,26)22-10-2-4-14(22)12-20-18(23)19(24)21-13-16-5-3-11-28-16/h3,5-9,11,14H,2,4,10,12-13H2,1H3,(H,20,23)(H,21,24). The maximum absolute atomic E-state index is 13.0. The summed E-state index contributed by atoms with van der Waals surface area (Å²) < 4.78 is 32.4. The fourth-order valence-electron chi connectivity index (χ4n) is 3.16. The lowest BCUT2D eigenvalue weighted by molar-refractivity contribution is -0.139. The second kappa shape index (κ2) is 9.38. The van der Waals surface area contributed by atoms with Gasteiger partial charge in [0.05, 0.1) is 18.6 Å². The van der Waals surface area contributed by atoms with Gasteiger partial charge in [-0.15, -0.1) is 11.3 Å². The zero-order chi connectivity index (χ0) is 20.9. The van der Waals surface area contributed by atoms with E-state index in [4.69, 9.17) is 4.74 Å². The molecule has 1 fully saturated rings. The van der Waals surface area contributed by atoms with Crippen molar-refractivity contribution in [3.63, 3.8) is 0 Å². The van der Waals surface area contributed by atoms with E-state index < -0.39 is 27.9 Å². The predicted octanol–water partition coefficient (Wildman–Crippen LogP) is 1.34. The van der Waals surface area contributed by atoms with E-state index in [0.717, 1.165) is 4.88 Å². The van der Waals surface area contributed by atoms with E-state index in [1.807, 2.05) is 17.5 Å². The molecule has 2 aromatic rings. The van der Waals surface area contributed by atoms with E-state index in [-0.39, 0.29) is 18.0 Å². The van der Waals surface area contributed by atoms with Crippen LogP contribution in [0.15, 0.2) is 46.7 Å². The molecule has 1 unspecified atom stereocenters. The molecule has 3 rings (SSSR count). The summed E-state index contributed by atoms with van der Waals surface area (Å²) in [6.07, 6.45) is 1.31. The monoisotopic (exact) mass is 437 g/mol. The summed E-state index contributed by atoms with van der Waals surface area (Å²) in [6, 6.07) is 9.53. The molecule has 0 radical (unpaired) electrons. The Bertz CT molecular complexity index is 943. The molecular formula is C19H23N3O5S2. The second-order valence-electron chi connectivity index (χ2n) is 6.56. The average molecular weight is 438 g/mol. The van der Waals surface area contributed by atoms with Crippen LogP contribution in [0.2, 0.25) is 0 Å². The molecule has 0 bridgehead atoms. The van der Waals surface area contributed by atoms with Crippen molar-refractivity contribution in [1.29, 1.82) is 0 Å². The van der Waals surface area contributed by atoms with E-state index in [9.17, 15) is 18.0 Å². The minimum Gasteiger partial charge on any atom is -0.497 e. The SMILES string of the molecule is COc1ccc(S(=O)(=O)N2CCCC2CNC(=O)C(=O)NCc2cccs2)cc1. The molecule has 1 aliphatic heterocycles. The summed E-state index contributed by atoms with van der Waals surface area (Å²) in [4.78, 5) is 25.1. The third kappa shape index (κ3) is 5.14. The lowest BCUT2D eigenvalue weighted by Crippen LogP contribution is -2.46. The van der Waals surface area contributed by atoms with Gasteiger partial charge in [-0.25, -0.2) is 8.42 Å². The van der Waals surface area contributed by atoms with Gasteiger partial charge in [-0.1, -0.05) is 6.07 Å². The topological polar surface area (TPSA) is 105 Å². The van der Waals surface area contributed by atoms with Gasteiger partial charge < -0.3 is 15.4 Å². The smallest absolute Gasteiger partial charge is 0.309 e. The molecule has 2 N–H and O–H groups in total. The Labute approximate surface area is 173 Å². The van der Waals surface area contributed by atoms with Crippen molar-refractivity contribution < 1.29 is 22.7 Å². The highest BCUT2D eigenvalue weighted by Crippen LogP contribution is 2.26. The molecule has 1 saturated heterocycles. The summed E-state index contributed by atoms with van der Waals surface area (Å²) >= 11 is 1.49.